The number of esters is 1. The van der Waals surface area contributed by atoms with E-state index in [2.05, 4.69) is 4.72 Å². The van der Waals surface area contributed by atoms with E-state index >= 15 is 0 Å². The van der Waals surface area contributed by atoms with E-state index in [1.54, 1.807) is 36.9 Å². The fourth-order valence-corrected chi connectivity index (χ4v) is 6.25. The van der Waals surface area contributed by atoms with Gasteiger partial charge in [-0.2, -0.15) is 4.72 Å². The predicted molar refractivity (Wildman–Crippen MR) is 155 cm³/mol. The van der Waals surface area contributed by atoms with Crippen molar-refractivity contribution in [2.45, 2.75) is 69.0 Å². The summed E-state index contributed by atoms with van der Waals surface area (Å²) in [7, 11) is -2.88. The lowest BCUT2D eigenvalue weighted by molar-refractivity contribution is -0.172. The number of nitrogens with one attached hydrogen (secondary N) is 2. The number of likely N-dealkylation sites (tertiary alicyclic amines) is 1. The number of primary amides is 1. The zero-order chi connectivity index (χ0) is 30.5. The molecule has 2 amide bonds. The highest BCUT2D eigenvalue weighted by Gasteiger charge is 2.48. The SMILES string of the molecule is CC[C@H](C)[C@@](C)(C(=O)O[C@H]1CCCN(C(=N)N)C1)N(C)C(=O)[C@H](CC(N)=O)NS(=O)(=O)c1ccc2ccccc2c1. The number of piperidine rings is 1. The Labute approximate surface area is 240 Å². The van der Waals surface area contributed by atoms with E-state index in [9.17, 15) is 22.8 Å². The molecule has 0 aromatic heterocycles. The van der Waals surface area contributed by atoms with E-state index in [1.165, 1.54) is 19.2 Å². The molecule has 1 aliphatic rings. The van der Waals surface area contributed by atoms with E-state index in [0.29, 0.717) is 31.2 Å². The fourth-order valence-electron chi connectivity index (χ4n) is 5.02. The summed E-state index contributed by atoms with van der Waals surface area (Å²) in [5, 5.41) is 9.22. The number of ether oxygens (including phenoxy) is 1. The van der Waals surface area contributed by atoms with Crippen LogP contribution in [0.4, 0.5) is 0 Å². The monoisotopic (exact) mass is 588 g/mol. The number of amides is 2. The van der Waals surface area contributed by atoms with Crippen LogP contribution >= 0.6 is 0 Å². The van der Waals surface area contributed by atoms with E-state index in [0.717, 1.165) is 10.3 Å². The normalized spacial score (nSPS) is 18.6. The van der Waals surface area contributed by atoms with Crippen molar-refractivity contribution < 1.29 is 27.5 Å². The number of nitrogens with two attached hydrogens (primary N) is 2. The first-order chi connectivity index (χ1) is 19.2. The minimum absolute atomic E-state index is 0.0856. The molecule has 12 nitrogen and oxygen atoms in total. The molecule has 2 aromatic carbocycles. The summed E-state index contributed by atoms with van der Waals surface area (Å²) < 4.78 is 34.9. The number of carbonyl (C=O) groups is 3. The number of benzene rings is 2. The van der Waals surface area contributed by atoms with Crippen molar-refractivity contribution in [2.75, 3.05) is 20.1 Å². The Hall–Kier alpha value is -3.71. The van der Waals surface area contributed by atoms with Gasteiger partial charge in [0.2, 0.25) is 21.8 Å². The number of guanidine groups is 1. The third-order valence-corrected chi connectivity index (χ3v) is 9.51. The third kappa shape index (κ3) is 7.14. The summed E-state index contributed by atoms with van der Waals surface area (Å²) >= 11 is 0. The van der Waals surface area contributed by atoms with Crippen molar-refractivity contribution in [1.82, 2.24) is 14.5 Å². The van der Waals surface area contributed by atoms with Gasteiger partial charge in [-0.05, 0) is 48.6 Å². The summed E-state index contributed by atoms with van der Waals surface area (Å²) in [4.78, 5) is 42.1. The largest absolute Gasteiger partial charge is 0.459 e. The first-order valence-corrected chi connectivity index (χ1v) is 15.1. The van der Waals surface area contributed by atoms with E-state index in [4.69, 9.17) is 21.6 Å². The second-order valence-electron chi connectivity index (χ2n) is 10.7. The number of likely N-dealkylation sites (N-methyl/N-ethyl adjacent to an activating group) is 1. The van der Waals surface area contributed by atoms with Crippen LogP contribution in [-0.4, -0.2) is 79.8 Å². The second kappa shape index (κ2) is 12.9. The number of fused-ring (bicyclic) bond motifs is 1. The van der Waals surface area contributed by atoms with E-state index in [1.807, 2.05) is 19.1 Å². The zero-order valence-electron chi connectivity index (χ0n) is 23.9. The average Bonchev–Trinajstić information content (AvgIpc) is 2.94. The van der Waals surface area contributed by atoms with Gasteiger partial charge in [0, 0.05) is 13.6 Å². The fraction of sp³-hybridized carbons (Fsp3) is 0.500. The molecule has 2 aromatic rings. The number of hydrogen-bond donors (Lipinski definition) is 4. The van der Waals surface area contributed by atoms with Crippen molar-refractivity contribution in [3.8, 4) is 0 Å². The minimum Gasteiger partial charge on any atom is -0.459 e. The smallest absolute Gasteiger partial charge is 0.332 e. The van der Waals surface area contributed by atoms with Crippen LogP contribution in [0.3, 0.4) is 0 Å². The lowest BCUT2D eigenvalue weighted by Crippen LogP contribution is -2.62. The molecule has 41 heavy (non-hydrogen) atoms. The van der Waals surface area contributed by atoms with Crippen LogP contribution < -0.4 is 16.2 Å². The molecule has 13 heteroatoms. The molecular formula is C28H40N6O6S. The van der Waals surface area contributed by atoms with Crippen LogP contribution in [0, 0.1) is 11.3 Å². The maximum Gasteiger partial charge on any atom is 0.332 e. The van der Waals surface area contributed by atoms with Crippen LogP contribution in [0.5, 0.6) is 0 Å². The molecule has 1 aliphatic heterocycles. The summed E-state index contributed by atoms with van der Waals surface area (Å²) in [5.74, 6) is -2.88. The van der Waals surface area contributed by atoms with E-state index < -0.39 is 57.8 Å². The molecule has 1 heterocycles. The van der Waals surface area contributed by atoms with Crippen molar-refractivity contribution in [3.05, 3.63) is 42.5 Å². The summed E-state index contributed by atoms with van der Waals surface area (Å²) in [6, 6.07) is 10.2. The van der Waals surface area contributed by atoms with Crippen LogP contribution in [0.2, 0.25) is 0 Å². The molecule has 1 saturated heterocycles. The Bertz CT molecular complexity index is 1420. The van der Waals surface area contributed by atoms with Crippen molar-refractivity contribution >= 4 is 44.5 Å². The summed E-state index contributed by atoms with van der Waals surface area (Å²) in [6.07, 6.45) is 0.581. The van der Waals surface area contributed by atoms with Gasteiger partial charge < -0.3 is 26.0 Å². The summed E-state index contributed by atoms with van der Waals surface area (Å²) in [6.45, 7) is 6.04. The van der Waals surface area contributed by atoms with Crippen LogP contribution in [0.25, 0.3) is 10.8 Å². The Balaban J connectivity index is 1.89. The van der Waals surface area contributed by atoms with Gasteiger partial charge in [-0.25, -0.2) is 13.2 Å². The molecule has 4 atom stereocenters. The van der Waals surface area contributed by atoms with Gasteiger partial charge in [0.1, 0.15) is 17.7 Å². The maximum absolute atomic E-state index is 13.8. The lowest BCUT2D eigenvalue weighted by atomic mass is 9.83. The molecule has 0 aliphatic carbocycles. The molecule has 6 N–H and O–H groups in total. The molecule has 0 bridgehead atoms. The van der Waals surface area contributed by atoms with Gasteiger partial charge in [0.25, 0.3) is 0 Å². The van der Waals surface area contributed by atoms with Gasteiger partial charge in [0.15, 0.2) is 5.96 Å². The van der Waals surface area contributed by atoms with Crippen LogP contribution in [-0.2, 0) is 29.1 Å². The average molecular weight is 589 g/mol. The highest BCUT2D eigenvalue weighted by molar-refractivity contribution is 7.89. The topological polar surface area (TPSA) is 189 Å². The molecule has 1 fully saturated rings. The number of hydrogen-bond acceptors (Lipinski definition) is 7. The minimum atomic E-state index is -4.26. The Kier molecular flexibility index (Phi) is 9.98. The van der Waals surface area contributed by atoms with Crippen molar-refractivity contribution in [2.24, 2.45) is 17.4 Å². The lowest BCUT2D eigenvalue weighted by Gasteiger charge is -2.43. The van der Waals surface area contributed by atoms with Crippen molar-refractivity contribution in [3.63, 3.8) is 0 Å². The number of carbonyl (C=O) groups excluding carboxylic acids is 3. The van der Waals surface area contributed by atoms with Gasteiger partial charge in [0.05, 0.1) is 17.9 Å². The molecule has 3 rings (SSSR count). The third-order valence-electron chi connectivity index (χ3n) is 8.04. The predicted octanol–water partition coefficient (Wildman–Crippen LogP) is 1.53. The molecular weight excluding hydrogens is 548 g/mol. The highest BCUT2D eigenvalue weighted by Crippen LogP contribution is 2.31. The molecule has 0 unspecified atom stereocenters. The molecule has 0 spiro atoms. The van der Waals surface area contributed by atoms with Gasteiger partial charge in [-0.15, -0.1) is 0 Å². The maximum atomic E-state index is 13.8. The Morgan fingerprint density at radius 3 is 2.46 bits per heavy atom. The Morgan fingerprint density at radius 1 is 1.20 bits per heavy atom. The van der Waals surface area contributed by atoms with Crippen LogP contribution in [0.1, 0.15) is 46.5 Å². The van der Waals surface area contributed by atoms with Gasteiger partial charge >= 0.3 is 5.97 Å². The van der Waals surface area contributed by atoms with Crippen molar-refractivity contribution in [1.29, 1.82) is 5.41 Å². The number of sulfonamides is 1. The Morgan fingerprint density at radius 2 is 1.85 bits per heavy atom. The molecule has 0 radical (unpaired) electrons. The highest BCUT2D eigenvalue weighted by atomic mass is 32.2. The number of rotatable bonds is 11. The first kappa shape index (κ1) is 31.8. The van der Waals surface area contributed by atoms with Gasteiger partial charge in [-0.3, -0.25) is 15.0 Å². The quantitative estimate of drug-likeness (QED) is 0.173. The zero-order valence-corrected chi connectivity index (χ0v) is 24.7. The molecule has 0 saturated carbocycles. The summed E-state index contributed by atoms with van der Waals surface area (Å²) in [5.41, 5.74) is 9.52. The number of nitrogens with zero attached hydrogens (tertiary/aromatic N) is 2. The standard InChI is InChI=1S/C28H40N6O6S/c1-5-18(2)28(3,26(37)40-21-11-8-14-34(17-21)27(30)31)33(4)25(36)23(16-24(29)35)32-41(38,39)22-13-12-19-9-6-7-10-20(19)15-22/h6-7,9-10,12-13,15,18,21,23,32H,5,8,11,14,16-17H2,1-4H3,(H2,29,35)(H3,30,31)/t18-,21-,23-,28-/m0/s1. The van der Waals surface area contributed by atoms with Crippen LogP contribution in [0.15, 0.2) is 47.4 Å². The second-order valence-corrected chi connectivity index (χ2v) is 12.4. The molecule has 224 valence electrons. The first-order valence-electron chi connectivity index (χ1n) is 13.6. The van der Waals surface area contributed by atoms with Gasteiger partial charge in [-0.1, -0.05) is 50.6 Å². The van der Waals surface area contributed by atoms with E-state index in [-0.39, 0.29) is 17.4 Å².